The van der Waals surface area contributed by atoms with E-state index in [0.29, 0.717) is 13.1 Å². The summed E-state index contributed by atoms with van der Waals surface area (Å²) in [6, 6.07) is 3.69. The number of rotatable bonds is 4. The van der Waals surface area contributed by atoms with Gasteiger partial charge in [-0.25, -0.2) is 14.2 Å². The van der Waals surface area contributed by atoms with E-state index in [9.17, 15) is 8.78 Å². The molecule has 7 heteroatoms. The summed E-state index contributed by atoms with van der Waals surface area (Å²) in [4.78, 5) is 2.36. The first-order valence-electron chi connectivity index (χ1n) is 7.87. The molecule has 2 heterocycles. The molecule has 0 aromatic heterocycles. The van der Waals surface area contributed by atoms with Crippen molar-refractivity contribution in [2.24, 2.45) is 17.1 Å². The number of nitrogens with two attached hydrogens (primary N) is 1. The van der Waals surface area contributed by atoms with Crippen molar-refractivity contribution in [3.05, 3.63) is 35.4 Å². The smallest absolute Gasteiger partial charge is 0.130 e. The number of benzene rings is 1. The normalized spacial score (nSPS) is 31.3. The van der Waals surface area contributed by atoms with E-state index in [2.05, 4.69) is 22.7 Å². The Hall–Kier alpha value is -0.790. The molecular weight excluding hydrogens is 322 g/mol. The van der Waals surface area contributed by atoms with E-state index in [1.807, 2.05) is 0 Å². The summed E-state index contributed by atoms with van der Waals surface area (Å²) in [7, 11) is 0. The maximum absolute atomic E-state index is 14.0. The van der Waals surface area contributed by atoms with Gasteiger partial charge >= 0.3 is 0 Å². The zero-order chi connectivity index (χ0) is 15.7. The zero-order valence-corrected chi connectivity index (χ0v) is 14.1. The van der Waals surface area contributed by atoms with Crippen molar-refractivity contribution in [3.8, 4) is 0 Å². The lowest BCUT2D eigenvalue weighted by Gasteiger charge is -2.27. The van der Waals surface area contributed by atoms with Crippen LogP contribution in [0.5, 0.6) is 0 Å². The monoisotopic (exact) mass is 346 g/mol. The van der Waals surface area contributed by atoms with Crippen LogP contribution in [-0.4, -0.2) is 37.6 Å². The molecule has 3 unspecified atom stereocenters. The lowest BCUT2D eigenvalue weighted by Crippen LogP contribution is -2.35. The molecule has 2 aliphatic rings. The van der Waals surface area contributed by atoms with Crippen LogP contribution in [0.3, 0.4) is 0 Å². The fourth-order valence-corrected chi connectivity index (χ4v) is 3.60. The number of nitrogens with zero attached hydrogens (tertiary/aromatic N) is 1. The van der Waals surface area contributed by atoms with Crippen LogP contribution >= 0.6 is 12.4 Å². The van der Waals surface area contributed by atoms with E-state index in [-0.39, 0.29) is 35.3 Å². The molecule has 2 aliphatic heterocycles. The van der Waals surface area contributed by atoms with E-state index in [0.717, 1.165) is 26.1 Å². The second-order valence-corrected chi connectivity index (χ2v) is 6.90. The van der Waals surface area contributed by atoms with Gasteiger partial charge in [-0.3, -0.25) is 5.43 Å². The molecule has 2 fully saturated rings. The van der Waals surface area contributed by atoms with Gasteiger partial charge in [0.15, 0.2) is 0 Å². The minimum absolute atomic E-state index is 0. The molecule has 130 valence electrons. The van der Waals surface area contributed by atoms with Crippen molar-refractivity contribution >= 4 is 12.4 Å². The lowest BCUT2D eigenvalue weighted by molar-refractivity contribution is 0.236. The molecule has 0 bridgehead atoms. The predicted octanol–water partition coefficient (Wildman–Crippen LogP) is 1.82. The summed E-state index contributed by atoms with van der Waals surface area (Å²) >= 11 is 0. The first-order valence-corrected chi connectivity index (χ1v) is 7.87. The van der Waals surface area contributed by atoms with Crippen LogP contribution in [0, 0.1) is 23.0 Å². The Morgan fingerprint density at radius 2 is 2.04 bits per heavy atom. The van der Waals surface area contributed by atoms with Gasteiger partial charge in [-0.2, -0.15) is 0 Å². The third kappa shape index (κ3) is 3.83. The minimum atomic E-state index is -0.487. The number of hydrazine groups is 1. The SMILES string of the molecule is CC1(CN)CCN(CC2CNNC2c2c(F)cccc2F)C1.Cl. The molecular formula is C16H25ClF2N4. The molecule has 23 heavy (non-hydrogen) atoms. The van der Waals surface area contributed by atoms with E-state index < -0.39 is 11.6 Å². The number of halogens is 3. The van der Waals surface area contributed by atoms with Crippen molar-refractivity contribution in [1.82, 2.24) is 15.8 Å². The molecule has 1 aromatic rings. The Bertz CT molecular complexity index is 525. The number of likely N-dealkylation sites (tertiary alicyclic amines) is 1. The molecule has 0 aliphatic carbocycles. The van der Waals surface area contributed by atoms with Gasteiger partial charge in [0.05, 0.1) is 6.04 Å². The highest BCUT2D eigenvalue weighted by molar-refractivity contribution is 5.85. The van der Waals surface area contributed by atoms with Crippen molar-refractivity contribution < 1.29 is 8.78 Å². The van der Waals surface area contributed by atoms with Crippen LogP contribution < -0.4 is 16.6 Å². The molecule has 0 radical (unpaired) electrons. The fraction of sp³-hybridized carbons (Fsp3) is 0.625. The van der Waals surface area contributed by atoms with E-state index in [1.165, 1.54) is 18.2 Å². The summed E-state index contributed by atoms with van der Waals surface area (Å²) in [5.41, 5.74) is 12.2. The molecule has 0 amide bonds. The van der Waals surface area contributed by atoms with Gasteiger partial charge in [0, 0.05) is 31.1 Å². The summed E-state index contributed by atoms with van der Waals surface area (Å²) in [6.45, 7) is 6.34. The van der Waals surface area contributed by atoms with Crippen molar-refractivity contribution in [2.75, 3.05) is 32.7 Å². The Balaban J connectivity index is 0.00000192. The largest absolute Gasteiger partial charge is 0.330 e. The highest BCUT2D eigenvalue weighted by atomic mass is 35.5. The first kappa shape index (κ1) is 18.5. The molecule has 0 saturated carbocycles. The van der Waals surface area contributed by atoms with Gasteiger partial charge in [0.2, 0.25) is 0 Å². The van der Waals surface area contributed by atoms with Crippen LogP contribution in [-0.2, 0) is 0 Å². The third-order valence-corrected chi connectivity index (χ3v) is 5.03. The van der Waals surface area contributed by atoms with Gasteiger partial charge in [-0.15, -0.1) is 12.4 Å². The van der Waals surface area contributed by atoms with Gasteiger partial charge in [0.1, 0.15) is 11.6 Å². The summed E-state index contributed by atoms with van der Waals surface area (Å²) in [6.07, 6.45) is 1.08. The van der Waals surface area contributed by atoms with Crippen molar-refractivity contribution in [1.29, 1.82) is 0 Å². The number of hydrogen-bond donors (Lipinski definition) is 3. The van der Waals surface area contributed by atoms with Crippen LogP contribution in [0.2, 0.25) is 0 Å². The first-order chi connectivity index (χ1) is 10.5. The zero-order valence-electron chi connectivity index (χ0n) is 13.3. The molecule has 2 saturated heterocycles. The summed E-state index contributed by atoms with van der Waals surface area (Å²) < 4.78 is 28.1. The molecule has 4 nitrogen and oxygen atoms in total. The third-order valence-electron chi connectivity index (χ3n) is 5.03. The highest BCUT2D eigenvalue weighted by Gasteiger charge is 2.37. The molecule has 4 N–H and O–H groups in total. The maximum atomic E-state index is 14.0. The molecule has 1 aromatic carbocycles. The van der Waals surface area contributed by atoms with Gasteiger partial charge in [0.25, 0.3) is 0 Å². The quantitative estimate of drug-likeness (QED) is 0.778. The number of hydrogen-bond acceptors (Lipinski definition) is 4. The van der Waals surface area contributed by atoms with Crippen LogP contribution in [0.1, 0.15) is 24.9 Å². The second-order valence-electron chi connectivity index (χ2n) is 6.90. The van der Waals surface area contributed by atoms with Crippen LogP contribution in [0.25, 0.3) is 0 Å². The van der Waals surface area contributed by atoms with Crippen LogP contribution in [0.4, 0.5) is 8.78 Å². The Morgan fingerprint density at radius 1 is 1.35 bits per heavy atom. The van der Waals surface area contributed by atoms with Crippen molar-refractivity contribution in [2.45, 2.75) is 19.4 Å². The van der Waals surface area contributed by atoms with Crippen molar-refractivity contribution in [3.63, 3.8) is 0 Å². The average molecular weight is 347 g/mol. The van der Waals surface area contributed by atoms with E-state index >= 15 is 0 Å². The topological polar surface area (TPSA) is 53.3 Å². The second kappa shape index (κ2) is 7.40. The summed E-state index contributed by atoms with van der Waals surface area (Å²) in [5, 5.41) is 0. The standard InChI is InChI=1S/C16H24F2N4.ClH/c1-16(9-19)5-6-22(10-16)8-11-7-20-21-15(11)14-12(17)3-2-4-13(14)18;/h2-4,11,15,20-21H,5-10,19H2,1H3;1H. The molecule has 3 atom stereocenters. The highest BCUT2D eigenvalue weighted by Crippen LogP contribution is 2.33. The fourth-order valence-electron chi connectivity index (χ4n) is 3.60. The lowest BCUT2D eigenvalue weighted by atomic mass is 9.90. The van der Waals surface area contributed by atoms with E-state index in [1.54, 1.807) is 0 Å². The Morgan fingerprint density at radius 3 is 2.65 bits per heavy atom. The minimum Gasteiger partial charge on any atom is -0.330 e. The molecule has 0 spiro atoms. The maximum Gasteiger partial charge on any atom is 0.130 e. The predicted molar refractivity (Wildman–Crippen MR) is 89.2 cm³/mol. The Labute approximate surface area is 142 Å². The van der Waals surface area contributed by atoms with Gasteiger partial charge in [-0.1, -0.05) is 13.0 Å². The van der Waals surface area contributed by atoms with Crippen LogP contribution in [0.15, 0.2) is 18.2 Å². The summed E-state index contributed by atoms with van der Waals surface area (Å²) in [5.74, 6) is -0.842. The average Bonchev–Trinajstić information content (AvgIpc) is 3.08. The van der Waals surface area contributed by atoms with E-state index in [4.69, 9.17) is 5.73 Å². The molecule has 3 rings (SSSR count). The van der Waals surface area contributed by atoms with Gasteiger partial charge in [-0.05, 0) is 37.1 Å². The number of nitrogens with one attached hydrogen (secondary N) is 2. The van der Waals surface area contributed by atoms with Gasteiger partial charge < -0.3 is 10.6 Å². The Kier molecular flexibility index (Phi) is 5.97.